The molecule has 19 heteroatoms. The highest BCUT2D eigenvalue weighted by Crippen LogP contribution is 2.33. The number of amides is 1. The third-order valence-corrected chi connectivity index (χ3v) is 18.8. The van der Waals surface area contributed by atoms with Crippen LogP contribution in [0.25, 0.3) is 0 Å². The molecule has 17 atom stereocenters. The Bertz CT molecular complexity index is 1950. The van der Waals surface area contributed by atoms with E-state index in [0.29, 0.717) is 12.8 Å². The monoisotopic (exact) mass is 1350 g/mol. The van der Waals surface area contributed by atoms with Gasteiger partial charge in [-0.2, -0.15) is 0 Å². The number of hydrogen-bond acceptors (Lipinski definition) is 18. The van der Waals surface area contributed by atoms with E-state index in [0.717, 1.165) is 77.0 Å². The van der Waals surface area contributed by atoms with Gasteiger partial charge in [0.05, 0.1) is 38.6 Å². The first-order valence-electron chi connectivity index (χ1n) is 38.0. The van der Waals surface area contributed by atoms with Crippen LogP contribution in [0.15, 0.2) is 60.8 Å². The lowest BCUT2D eigenvalue weighted by Crippen LogP contribution is -2.66. The lowest BCUT2D eigenvalue weighted by atomic mass is 9.96. The van der Waals surface area contributed by atoms with Gasteiger partial charge >= 0.3 is 0 Å². The van der Waals surface area contributed by atoms with Crippen LogP contribution >= 0.6 is 0 Å². The van der Waals surface area contributed by atoms with E-state index in [1.807, 2.05) is 6.08 Å². The summed E-state index contributed by atoms with van der Waals surface area (Å²) in [5.41, 5.74) is 0. The molecule has 19 nitrogen and oxygen atoms in total. The van der Waals surface area contributed by atoms with E-state index in [4.69, 9.17) is 28.4 Å². The zero-order valence-corrected chi connectivity index (χ0v) is 58.9. The van der Waals surface area contributed by atoms with E-state index in [1.54, 1.807) is 6.08 Å². The number of ether oxygens (including phenoxy) is 6. The molecule has 3 fully saturated rings. The molecule has 0 aromatic heterocycles. The molecule has 3 rings (SSSR count). The van der Waals surface area contributed by atoms with Crippen LogP contribution in [0.5, 0.6) is 0 Å². The molecule has 95 heavy (non-hydrogen) atoms. The molecule has 3 saturated heterocycles. The van der Waals surface area contributed by atoms with Crippen molar-refractivity contribution in [3.05, 3.63) is 60.8 Å². The summed E-state index contributed by atoms with van der Waals surface area (Å²) in [5.74, 6) is -0.297. The Morgan fingerprint density at radius 3 is 1.15 bits per heavy atom. The maximum absolute atomic E-state index is 13.4. The molecule has 17 unspecified atom stereocenters. The summed E-state index contributed by atoms with van der Waals surface area (Å²) in [7, 11) is 0. The van der Waals surface area contributed by atoms with Crippen LogP contribution in [-0.4, -0.2) is 193 Å². The average Bonchev–Trinajstić information content (AvgIpc) is 0.787. The van der Waals surface area contributed by atoms with Crippen LogP contribution in [0, 0.1) is 0 Å². The smallest absolute Gasteiger partial charge is 0.220 e. The highest BCUT2D eigenvalue weighted by molar-refractivity contribution is 5.76. The summed E-state index contributed by atoms with van der Waals surface area (Å²) in [6.45, 7) is 1.70. The van der Waals surface area contributed by atoms with Crippen molar-refractivity contribution in [2.45, 2.75) is 388 Å². The van der Waals surface area contributed by atoms with E-state index >= 15 is 0 Å². The first kappa shape index (κ1) is 86.7. The van der Waals surface area contributed by atoms with Gasteiger partial charge in [-0.3, -0.25) is 4.79 Å². The van der Waals surface area contributed by atoms with E-state index in [2.05, 4.69) is 67.8 Å². The minimum atomic E-state index is -1.99. The third-order valence-electron chi connectivity index (χ3n) is 18.8. The number of unbranched alkanes of at least 4 members (excludes halogenated alkanes) is 35. The number of aliphatic hydroxyl groups is 11. The molecule has 12 N–H and O–H groups in total. The minimum absolute atomic E-state index is 0.219. The van der Waals surface area contributed by atoms with Crippen molar-refractivity contribution >= 4 is 5.91 Å². The zero-order valence-electron chi connectivity index (χ0n) is 58.9. The summed E-state index contributed by atoms with van der Waals surface area (Å²) in [6.07, 6.45) is 45.0. The molecule has 0 saturated carbocycles. The van der Waals surface area contributed by atoms with E-state index in [1.165, 1.54) is 173 Å². The molecule has 0 radical (unpaired) electrons. The Kier molecular flexibility index (Phi) is 52.2. The molecule has 0 aliphatic carbocycles. The summed E-state index contributed by atoms with van der Waals surface area (Å²) in [4.78, 5) is 13.4. The number of carbonyl (C=O) groups is 1. The fourth-order valence-corrected chi connectivity index (χ4v) is 12.6. The Morgan fingerprint density at radius 1 is 0.379 bits per heavy atom. The molecule has 0 bridgehead atoms. The molecule has 3 heterocycles. The predicted octanol–water partition coefficient (Wildman–Crippen LogP) is 11.5. The number of hydrogen-bond donors (Lipinski definition) is 12. The Balaban J connectivity index is 1.40. The molecule has 3 aliphatic rings. The second kappa shape index (κ2) is 57.2. The van der Waals surface area contributed by atoms with Crippen LogP contribution < -0.4 is 5.32 Å². The molecule has 3 aliphatic heterocycles. The summed E-state index contributed by atoms with van der Waals surface area (Å²) >= 11 is 0. The highest BCUT2D eigenvalue weighted by atomic mass is 16.8. The highest BCUT2D eigenvalue weighted by Gasteiger charge is 2.53. The molecule has 0 aromatic carbocycles. The van der Waals surface area contributed by atoms with Gasteiger partial charge in [0.15, 0.2) is 18.9 Å². The van der Waals surface area contributed by atoms with E-state index in [-0.39, 0.29) is 18.9 Å². The van der Waals surface area contributed by atoms with Crippen molar-refractivity contribution < 1.29 is 89.4 Å². The lowest BCUT2D eigenvalue weighted by Gasteiger charge is -2.48. The van der Waals surface area contributed by atoms with Crippen molar-refractivity contribution in [2.24, 2.45) is 0 Å². The minimum Gasteiger partial charge on any atom is -0.394 e. The van der Waals surface area contributed by atoms with Crippen molar-refractivity contribution in [1.82, 2.24) is 5.32 Å². The lowest BCUT2D eigenvalue weighted by molar-refractivity contribution is -0.379. The quantitative estimate of drug-likeness (QED) is 0.0199. The maximum atomic E-state index is 13.4. The van der Waals surface area contributed by atoms with Gasteiger partial charge in [0, 0.05) is 6.42 Å². The summed E-state index contributed by atoms with van der Waals surface area (Å²) < 4.78 is 34.4. The first-order chi connectivity index (χ1) is 46.3. The summed E-state index contributed by atoms with van der Waals surface area (Å²) in [5, 5.41) is 121. The van der Waals surface area contributed by atoms with Gasteiger partial charge in [-0.1, -0.05) is 267 Å². The Labute approximate surface area is 573 Å². The fourth-order valence-electron chi connectivity index (χ4n) is 12.6. The molecule has 0 aromatic rings. The van der Waals surface area contributed by atoms with Gasteiger partial charge < -0.3 is 89.9 Å². The van der Waals surface area contributed by atoms with Gasteiger partial charge in [0.2, 0.25) is 5.91 Å². The van der Waals surface area contributed by atoms with Crippen molar-refractivity contribution in [2.75, 3.05) is 26.4 Å². The van der Waals surface area contributed by atoms with Crippen LogP contribution in [-0.2, 0) is 33.2 Å². The number of nitrogens with one attached hydrogen (secondary N) is 1. The molecule has 0 spiro atoms. The Hall–Kier alpha value is -2.51. The fraction of sp³-hybridized carbons (Fsp3) is 0.855. The molecular formula is C76H137NO18. The maximum Gasteiger partial charge on any atom is 0.220 e. The number of aliphatic hydroxyl groups excluding tert-OH is 11. The van der Waals surface area contributed by atoms with Gasteiger partial charge in [-0.05, 0) is 70.6 Å². The van der Waals surface area contributed by atoms with Crippen LogP contribution in [0.3, 0.4) is 0 Å². The third kappa shape index (κ3) is 38.2. The number of rotatable bonds is 59. The van der Waals surface area contributed by atoms with Crippen molar-refractivity contribution in [3.63, 3.8) is 0 Å². The topological polar surface area (TPSA) is 307 Å². The van der Waals surface area contributed by atoms with Gasteiger partial charge in [-0.15, -0.1) is 0 Å². The largest absolute Gasteiger partial charge is 0.394 e. The van der Waals surface area contributed by atoms with Crippen LogP contribution in [0.1, 0.15) is 284 Å². The normalized spacial score (nSPS) is 27.5. The average molecular weight is 1350 g/mol. The van der Waals surface area contributed by atoms with Crippen LogP contribution in [0.2, 0.25) is 0 Å². The summed E-state index contributed by atoms with van der Waals surface area (Å²) in [6, 6.07) is -1.00. The second-order valence-electron chi connectivity index (χ2n) is 27.1. The SMILES string of the molecule is CCCCC/C=C\C/C=C\C/C=C\CCCCCCCCC(=O)NC(COC1OC(CO)C(OC2OC(CO)C(OC3OC(CO)C(O)C(O)C3O)C(O)C2O)C(O)C1O)C(O)/C=C/CC/C=C/CCCCCCCCCCCCCCCCCCCCCCCCCCC. The van der Waals surface area contributed by atoms with E-state index < -0.39 is 124 Å². The molecular weight excluding hydrogens is 1210 g/mol. The number of carbonyl (C=O) groups excluding carboxylic acids is 1. The van der Waals surface area contributed by atoms with Gasteiger partial charge in [0.25, 0.3) is 0 Å². The number of allylic oxidation sites excluding steroid dienone is 9. The second-order valence-corrected chi connectivity index (χ2v) is 27.1. The van der Waals surface area contributed by atoms with E-state index in [9.17, 15) is 61.0 Å². The zero-order chi connectivity index (χ0) is 68.9. The first-order valence-corrected chi connectivity index (χ1v) is 38.0. The van der Waals surface area contributed by atoms with Crippen LogP contribution in [0.4, 0.5) is 0 Å². The standard InChI is InChI=1S/C76H137NO18/c1-3-5-7-9-11-13-15-17-19-21-23-24-25-26-27-28-29-30-31-32-33-34-36-37-39-41-43-45-47-49-51-53-60(81)59(77-64(82)54-52-50-48-46-44-42-40-38-35-22-20-18-16-14-12-10-8-6-4-2)58-90-74-70(88)67(85)72(62(56-79)92-74)95-76-71(89)68(86)73(63(57-80)93-76)94-75-69(87)66(84)65(83)61(55-78)91-75/h12,14,18,20,35,38,43,45,51,53,59-63,65-76,78-81,83-89H,3-11,13,15-17,19,21-34,36-37,39-42,44,46-50,52,54-58H2,1-2H3,(H,77,82)/b14-12-,20-18-,38-35-,45-43+,53-51+. The van der Waals surface area contributed by atoms with Crippen molar-refractivity contribution in [3.8, 4) is 0 Å². The van der Waals surface area contributed by atoms with Crippen molar-refractivity contribution in [1.29, 1.82) is 0 Å². The predicted molar refractivity (Wildman–Crippen MR) is 374 cm³/mol. The Morgan fingerprint density at radius 2 is 0.705 bits per heavy atom. The molecule has 1 amide bonds. The van der Waals surface area contributed by atoms with Gasteiger partial charge in [-0.25, -0.2) is 0 Å². The molecule has 554 valence electrons. The van der Waals surface area contributed by atoms with Gasteiger partial charge in [0.1, 0.15) is 73.2 Å².